The third kappa shape index (κ3) is 3.69. The van der Waals surface area contributed by atoms with Gasteiger partial charge in [0.1, 0.15) is 5.75 Å². The van der Waals surface area contributed by atoms with Crippen LogP contribution in [0.4, 0.5) is 13.2 Å². The molecule has 0 amide bonds. The van der Waals surface area contributed by atoms with Gasteiger partial charge in [0.15, 0.2) is 0 Å². The zero-order valence-electron chi connectivity index (χ0n) is 18.9. The number of benzene rings is 2. The average Bonchev–Trinajstić information content (AvgIpc) is 3.15. The second-order valence-corrected chi connectivity index (χ2v) is 11.4. The molecule has 7 heteroatoms. The van der Waals surface area contributed by atoms with E-state index < -0.39 is 15.6 Å². The summed E-state index contributed by atoms with van der Waals surface area (Å²) in [5.41, 5.74) is 0.448. The van der Waals surface area contributed by atoms with Crippen LogP contribution in [0.25, 0.3) is 11.6 Å². The van der Waals surface area contributed by atoms with Crippen molar-refractivity contribution in [3.05, 3.63) is 77.4 Å². The smallest absolute Gasteiger partial charge is 0.376 e. The number of alkyl halides is 3. The van der Waals surface area contributed by atoms with Crippen LogP contribution in [0, 0.1) is 17.3 Å². The predicted molar refractivity (Wildman–Crippen MR) is 127 cm³/mol. The zero-order chi connectivity index (χ0) is 24.3. The molecule has 3 aliphatic carbocycles. The van der Waals surface area contributed by atoms with Gasteiger partial charge < -0.3 is 4.18 Å². The highest BCUT2D eigenvalue weighted by Gasteiger charge is 2.52. The topological polar surface area (TPSA) is 43.4 Å². The van der Waals surface area contributed by atoms with Gasteiger partial charge in [-0.2, -0.15) is 21.6 Å². The molecule has 5 rings (SSSR count). The van der Waals surface area contributed by atoms with Crippen molar-refractivity contribution in [1.29, 1.82) is 0 Å². The Bertz CT molecular complexity index is 1260. The van der Waals surface area contributed by atoms with E-state index in [1.807, 2.05) is 6.08 Å². The summed E-state index contributed by atoms with van der Waals surface area (Å²) in [5.74, 6) is 1.04. The molecule has 0 radical (unpaired) electrons. The molecule has 34 heavy (non-hydrogen) atoms. The van der Waals surface area contributed by atoms with E-state index >= 15 is 0 Å². The molecule has 180 valence electrons. The van der Waals surface area contributed by atoms with Crippen LogP contribution in [-0.2, 0) is 16.5 Å². The molecule has 3 nitrogen and oxygen atoms in total. The largest absolute Gasteiger partial charge is 0.534 e. The molecule has 0 aromatic heterocycles. The van der Waals surface area contributed by atoms with Gasteiger partial charge in [-0.05, 0) is 95.2 Å². The van der Waals surface area contributed by atoms with E-state index in [9.17, 15) is 21.6 Å². The normalized spacial score (nSPS) is 28.4. The van der Waals surface area contributed by atoms with Crippen molar-refractivity contribution < 1.29 is 25.8 Å². The molecule has 0 saturated heterocycles. The molecule has 0 spiro atoms. The van der Waals surface area contributed by atoms with E-state index in [1.165, 1.54) is 23.3 Å². The minimum Gasteiger partial charge on any atom is -0.376 e. The molecule has 0 bridgehead atoms. The molecular weight excluding hydrogens is 461 g/mol. The van der Waals surface area contributed by atoms with E-state index in [4.69, 9.17) is 0 Å². The summed E-state index contributed by atoms with van der Waals surface area (Å²) in [4.78, 5) is 0. The lowest BCUT2D eigenvalue weighted by molar-refractivity contribution is -0.0500. The summed E-state index contributed by atoms with van der Waals surface area (Å²) in [6, 6.07) is 13.2. The molecular formula is C27H27F3O3S. The van der Waals surface area contributed by atoms with E-state index in [0.717, 1.165) is 42.4 Å². The van der Waals surface area contributed by atoms with E-state index in [0.29, 0.717) is 24.2 Å². The van der Waals surface area contributed by atoms with Crippen molar-refractivity contribution in [1.82, 2.24) is 0 Å². The fourth-order valence-electron chi connectivity index (χ4n) is 6.60. The van der Waals surface area contributed by atoms with Crippen LogP contribution in [0.3, 0.4) is 0 Å². The Kier molecular flexibility index (Phi) is 5.47. The molecule has 0 N–H and O–H groups in total. The lowest BCUT2D eigenvalue weighted by atomic mass is 9.54. The lowest BCUT2D eigenvalue weighted by Gasteiger charge is -2.50. The van der Waals surface area contributed by atoms with Crippen molar-refractivity contribution in [2.75, 3.05) is 0 Å². The van der Waals surface area contributed by atoms with Gasteiger partial charge in [-0.25, -0.2) is 0 Å². The Labute approximate surface area is 198 Å². The summed E-state index contributed by atoms with van der Waals surface area (Å²) in [7, 11) is -5.67. The highest BCUT2D eigenvalue weighted by Crippen LogP contribution is 2.63. The lowest BCUT2D eigenvalue weighted by Crippen LogP contribution is -2.40. The SMILES string of the molecule is C=Cc1ccc(C2=CC[C@H]3[C@@H]4CCc5cc(OS(=O)(=O)C(F)(F)F)ccc5[C@H]4CC[C@]23C)cc1. The van der Waals surface area contributed by atoms with Crippen LogP contribution >= 0.6 is 0 Å². The molecule has 4 atom stereocenters. The maximum absolute atomic E-state index is 12.7. The number of hydrogen-bond acceptors (Lipinski definition) is 3. The Morgan fingerprint density at radius 1 is 1.12 bits per heavy atom. The fraction of sp³-hybridized carbons (Fsp3) is 0.407. The number of fused-ring (bicyclic) bond motifs is 5. The Morgan fingerprint density at radius 3 is 2.53 bits per heavy atom. The quantitative estimate of drug-likeness (QED) is 0.340. The Hall–Kier alpha value is -2.54. The van der Waals surface area contributed by atoms with Crippen LogP contribution in [0.15, 0.2) is 55.1 Å². The standard InChI is InChI=1S/C27H27F3O3S/c1-3-17-4-6-18(7-5-17)24-12-13-25-23-10-8-19-16-20(33-34(31,32)27(28,29)30)9-11-21(19)22(23)14-15-26(24,25)2/h3-7,9,11-12,16,22-23,25H,1,8,10,13-15H2,2H3/t22-,23-,25+,26-/m1/s1. The van der Waals surface area contributed by atoms with E-state index in [2.05, 4.69) is 48.0 Å². The van der Waals surface area contributed by atoms with Gasteiger partial charge in [-0.1, -0.05) is 56.0 Å². The van der Waals surface area contributed by atoms with E-state index in [-0.39, 0.29) is 11.2 Å². The summed E-state index contributed by atoms with van der Waals surface area (Å²) >= 11 is 0. The molecule has 1 fully saturated rings. The van der Waals surface area contributed by atoms with Crippen LogP contribution in [-0.4, -0.2) is 13.9 Å². The van der Waals surface area contributed by atoms with Gasteiger partial charge in [-0.15, -0.1) is 0 Å². The Morgan fingerprint density at radius 2 is 1.85 bits per heavy atom. The predicted octanol–water partition coefficient (Wildman–Crippen LogP) is 7.11. The first-order chi connectivity index (χ1) is 16.0. The van der Waals surface area contributed by atoms with Gasteiger partial charge in [0.05, 0.1) is 0 Å². The number of halogens is 3. The number of allylic oxidation sites excluding steroid dienone is 2. The van der Waals surface area contributed by atoms with Crippen molar-refractivity contribution in [3.63, 3.8) is 0 Å². The van der Waals surface area contributed by atoms with Gasteiger partial charge >= 0.3 is 15.6 Å². The maximum Gasteiger partial charge on any atom is 0.534 e. The van der Waals surface area contributed by atoms with Crippen molar-refractivity contribution in [2.45, 2.75) is 50.5 Å². The molecule has 0 heterocycles. The monoisotopic (exact) mass is 488 g/mol. The van der Waals surface area contributed by atoms with Crippen LogP contribution in [0.5, 0.6) is 5.75 Å². The molecule has 2 aromatic carbocycles. The fourth-order valence-corrected chi connectivity index (χ4v) is 7.05. The first-order valence-corrected chi connectivity index (χ1v) is 13.0. The summed E-state index contributed by atoms with van der Waals surface area (Å²) in [6.07, 6.45) is 8.93. The van der Waals surface area contributed by atoms with Gasteiger partial charge in [0, 0.05) is 0 Å². The minimum absolute atomic E-state index is 0.0954. The molecule has 3 aliphatic rings. The number of rotatable bonds is 4. The maximum atomic E-state index is 12.7. The third-order valence-electron chi connectivity index (χ3n) is 8.23. The minimum atomic E-state index is -5.67. The van der Waals surface area contributed by atoms with Crippen molar-refractivity contribution >= 4 is 21.8 Å². The first-order valence-electron chi connectivity index (χ1n) is 11.6. The summed E-state index contributed by atoms with van der Waals surface area (Å²) in [6.45, 7) is 6.21. The number of aryl methyl sites for hydroxylation is 1. The average molecular weight is 489 g/mol. The van der Waals surface area contributed by atoms with Crippen LogP contribution in [0.2, 0.25) is 0 Å². The van der Waals surface area contributed by atoms with Crippen molar-refractivity contribution in [3.8, 4) is 5.75 Å². The van der Waals surface area contributed by atoms with Gasteiger partial charge in [0.2, 0.25) is 0 Å². The third-order valence-corrected chi connectivity index (χ3v) is 9.20. The molecule has 0 aliphatic heterocycles. The highest BCUT2D eigenvalue weighted by molar-refractivity contribution is 7.88. The highest BCUT2D eigenvalue weighted by atomic mass is 32.2. The summed E-state index contributed by atoms with van der Waals surface area (Å²) in [5, 5.41) is 0. The molecule has 0 unspecified atom stereocenters. The van der Waals surface area contributed by atoms with Gasteiger partial charge in [-0.3, -0.25) is 0 Å². The Balaban J connectivity index is 1.38. The summed E-state index contributed by atoms with van der Waals surface area (Å²) < 4.78 is 65.3. The van der Waals surface area contributed by atoms with Crippen LogP contribution in [0.1, 0.15) is 60.8 Å². The second-order valence-electron chi connectivity index (χ2n) is 9.90. The molecule has 1 saturated carbocycles. The molecule has 2 aromatic rings. The zero-order valence-corrected chi connectivity index (χ0v) is 19.8. The first kappa shape index (κ1) is 23.2. The number of hydrogen-bond donors (Lipinski definition) is 0. The van der Waals surface area contributed by atoms with E-state index in [1.54, 1.807) is 6.07 Å². The van der Waals surface area contributed by atoms with Crippen molar-refractivity contribution in [2.24, 2.45) is 17.3 Å². The van der Waals surface area contributed by atoms with Crippen LogP contribution < -0.4 is 4.18 Å². The van der Waals surface area contributed by atoms with Gasteiger partial charge in [0.25, 0.3) is 0 Å². The second kappa shape index (κ2) is 8.01.